The fourth-order valence-corrected chi connectivity index (χ4v) is 4.68. The van der Waals surface area contributed by atoms with Crippen molar-refractivity contribution in [3.8, 4) is 6.07 Å². The summed E-state index contributed by atoms with van der Waals surface area (Å²) in [5.74, 6) is -1.72. The highest BCUT2D eigenvalue weighted by Gasteiger charge is 2.60. The molecule has 0 unspecified atom stereocenters. The van der Waals surface area contributed by atoms with E-state index in [-0.39, 0.29) is 36.4 Å². The second kappa shape index (κ2) is 13.1. The van der Waals surface area contributed by atoms with Crippen LogP contribution >= 0.6 is 0 Å². The Morgan fingerprint density at radius 2 is 1.93 bits per heavy atom. The number of carbonyl (C=O) groups excluding carboxylic acids is 3. The molecule has 5 atom stereocenters. The first-order valence-electron chi connectivity index (χ1n) is 13.9. The van der Waals surface area contributed by atoms with E-state index in [1.54, 1.807) is 37.3 Å². The van der Waals surface area contributed by atoms with Gasteiger partial charge in [0.2, 0.25) is 11.5 Å². The molecular weight excluding hydrogens is 542 g/mol. The molecule has 12 nitrogen and oxygen atoms in total. The highest BCUT2D eigenvalue weighted by Crippen LogP contribution is 2.42. The lowest BCUT2D eigenvalue weighted by Gasteiger charge is -2.25. The van der Waals surface area contributed by atoms with E-state index in [1.165, 1.54) is 16.9 Å². The smallest absolute Gasteiger partial charge is 0.310 e. The topological polar surface area (TPSA) is 165 Å². The lowest BCUT2D eigenvalue weighted by Crippen LogP contribution is -2.44. The number of carbonyl (C=O) groups is 3. The Balaban J connectivity index is 1.65. The number of esters is 2. The van der Waals surface area contributed by atoms with Gasteiger partial charge in [0.05, 0.1) is 18.0 Å². The lowest BCUT2D eigenvalue weighted by atomic mass is 9.92. The van der Waals surface area contributed by atoms with Crippen LogP contribution in [0.4, 0.5) is 5.82 Å². The van der Waals surface area contributed by atoms with Crippen LogP contribution in [0.5, 0.6) is 0 Å². The van der Waals surface area contributed by atoms with Crippen molar-refractivity contribution in [3.63, 3.8) is 0 Å². The second-order valence-corrected chi connectivity index (χ2v) is 10.7. The van der Waals surface area contributed by atoms with Gasteiger partial charge in [-0.2, -0.15) is 10.4 Å². The standard InChI is InChI=1S/C30H35N5O7/c1-5-9-24(36)34-28-21-12-13-23(35(21)33-17-32-28)30(16-31)27(38)26(41-29(39)19(4)18(2)3)22(42-30)15-40-25(37)14-20-10-7-6-8-11-20/h6-8,10-13,17-19,22,26-27,38H,5,9,14-15H2,1-4H3,(H,32,33,34,36)/t19-,22+,26+,27+,30-/m0/s1. The van der Waals surface area contributed by atoms with Crippen LogP contribution in [0, 0.1) is 23.2 Å². The molecule has 3 aromatic rings. The number of nitrogens with zero attached hydrogens (tertiary/aromatic N) is 4. The number of hydrogen-bond donors (Lipinski definition) is 2. The van der Waals surface area contributed by atoms with Gasteiger partial charge in [-0.25, -0.2) is 9.50 Å². The van der Waals surface area contributed by atoms with Crippen LogP contribution in [0.25, 0.3) is 5.52 Å². The predicted octanol–water partition coefficient (Wildman–Crippen LogP) is 2.94. The van der Waals surface area contributed by atoms with Gasteiger partial charge in [-0.3, -0.25) is 14.4 Å². The molecule has 2 aromatic heterocycles. The summed E-state index contributed by atoms with van der Waals surface area (Å²) in [5.41, 5.74) is -0.830. The third-order valence-corrected chi connectivity index (χ3v) is 7.39. The summed E-state index contributed by atoms with van der Waals surface area (Å²) < 4.78 is 18.7. The molecule has 1 fully saturated rings. The van der Waals surface area contributed by atoms with E-state index in [1.807, 2.05) is 32.9 Å². The van der Waals surface area contributed by atoms with Crippen LogP contribution in [-0.2, 0) is 40.6 Å². The number of benzene rings is 1. The molecule has 1 saturated heterocycles. The van der Waals surface area contributed by atoms with Crippen molar-refractivity contribution in [2.24, 2.45) is 11.8 Å². The molecule has 1 aliphatic heterocycles. The maximum Gasteiger partial charge on any atom is 0.310 e. The zero-order chi connectivity index (χ0) is 30.4. The fraction of sp³-hybridized carbons (Fsp3) is 0.467. The first-order valence-corrected chi connectivity index (χ1v) is 13.9. The summed E-state index contributed by atoms with van der Waals surface area (Å²) in [7, 11) is 0. The number of nitrogens with one attached hydrogen (secondary N) is 1. The van der Waals surface area contributed by atoms with Crippen LogP contribution in [0.15, 0.2) is 48.8 Å². The van der Waals surface area contributed by atoms with Gasteiger partial charge in [0, 0.05) is 6.42 Å². The van der Waals surface area contributed by atoms with Crippen LogP contribution < -0.4 is 5.32 Å². The molecule has 0 saturated carbocycles. The van der Waals surface area contributed by atoms with Gasteiger partial charge in [0.15, 0.2) is 11.9 Å². The van der Waals surface area contributed by atoms with Gasteiger partial charge in [-0.1, -0.05) is 58.0 Å². The second-order valence-electron chi connectivity index (χ2n) is 10.7. The summed E-state index contributed by atoms with van der Waals surface area (Å²) in [4.78, 5) is 42.0. The van der Waals surface area contributed by atoms with Crippen LogP contribution in [0.2, 0.25) is 0 Å². The quantitative estimate of drug-likeness (QED) is 0.324. The van der Waals surface area contributed by atoms with Gasteiger partial charge in [-0.15, -0.1) is 0 Å². The minimum Gasteiger partial charge on any atom is -0.463 e. The van der Waals surface area contributed by atoms with Crippen LogP contribution in [-0.4, -0.2) is 62.5 Å². The average molecular weight is 578 g/mol. The predicted molar refractivity (Wildman–Crippen MR) is 150 cm³/mol. The van der Waals surface area contributed by atoms with Crippen molar-refractivity contribution in [3.05, 3.63) is 60.0 Å². The molecule has 0 aliphatic carbocycles. The summed E-state index contributed by atoms with van der Waals surface area (Å²) in [6.45, 7) is 6.92. The molecule has 42 heavy (non-hydrogen) atoms. The van der Waals surface area contributed by atoms with E-state index in [0.717, 1.165) is 5.56 Å². The number of aromatic nitrogens is 3. The van der Waals surface area contributed by atoms with E-state index in [2.05, 4.69) is 15.4 Å². The van der Waals surface area contributed by atoms with Gasteiger partial charge in [0.25, 0.3) is 0 Å². The van der Waals surface area contributed by atoms with Gasteiger partial charge in [-0.05, 0) is 30.0 Å². The summed E-state index contributed by atoms with van der Waals surface area (Å²) in [6, 6.07) is 14.2. The van der Waals surface area contributed by atoms with E-state index >= 15 is 0 Å². The number of ether oxygens (including phenoxy) is 3. The molecule has 1 amide bonds. The Morgan fingerprint density at radius 3 is 2.60 bits per heavy atom. The molecule has 12 heteroatoms. The molecule has 2 N–H and O–H groups in total. The largest absolute Gasteiger partial charge is 0.463 e. The Hall–Kier alpha value is -4.34. The summed E-state index contributed by atoms with van der Waals surface area (Å²) in [6.07, 6.45) is -2.03. The highest BCUT2D eigenvalue weighted by atomic mass is 16.6. The molecular formula is C30H35N5O7. The molecule has 222 valence electrons. The van der Waals surface area contributed by atoms with Crippen molar-refractivity contribution >= 4 is 29.2 Å². The van der Waals surface area contributed by atoms with Crippen LogP contribution in [0.3, 0.4) is 0 Å². The van der Waals surface area contributed by atoms with E-state index in [9.17, 15) is 24.8 Å². The number of anilines is 1. The third kappa shape index (κ3) is 6.27. The Bertz CT molecular complexity index is 1470. The van der Waals surface area contributed by atoms with Gasteiger partial charge in [0.1, 0.15) is 36.7 Å². The minimum atomic E-state index is -2.06. The SMILES string of the molecule is CCCC(=O)Nc1ncnn2c([C@]3(C#N)O[C@H](COC(=O)Cc4ccccc4)[C@@H](OC(=O)[C@@H](C)C(C)C)[C@H]3O)ccc12. The van der Waals surface area contributed by atoms with Crippen LogP contribution in [0.1, 0.15) is 51.8 Å². The zero-order valence-electron chi connectivity index (χ0n) is 24.0. The molecule has 1 aromatic carbocycles. The first kappa shape index (κ1) is 30.6. The number of amides is 1. The summed E-state index contributed by atoms with van der Waals surface area (Å²) >= 11 is 0. The maximum absolute atomic E-state index is 13.0. The monoisotopic (exact) mass is 577 g/mol. The molecule has 3 heterocycles. The number of aliphatic hydroxyl groups excluding tert-OH is 1. The molecule has 0 bridgehead atoms. The number of fused-ring (bicyclic) bond motifs is 1. The van der Waals surface area contributed by atoms with E-state index in [4.69, 9.17) is 14.2 Å². The van der Waals surface area contributed by atoms with Gasteiger partial charge < -0.3 is 24.6 Å². The first-order chi connectivity index (χ1) is 20.1. The van der Waals surface area contributed by atoms with E-state index < -0.39 is 41.8 Å². The van der Waals surface area contributed by atoms with Crippen molar-refractivity contribution in [2.45, 2.75) is 70.9 Å². The zero-order valence-corrected chi connectivity index (χ0v) is 24.0. The Labute approximate surface area is 243 Å². The molecule has 4 rings (SSSR count). The highest BCUT2D eigenvalue weighted by molar-refractivity contribution is 5.93. The number of rotatable bonds is 11. The minimum absolute atomic E-state index is 0.00112. The lowest BCUT2D eigenvalue weighted by molar-refractivity contribution is -0.164. The molecule has 1 aliphatic rings. The van der Waals surface area contributed by atoms with Gasteiger partial charge >= 0.3 is 11.9 Å². The summed E-state index contributed by atoms with van der Waals surface area (Å²) in [5, 5.41) is 29.0. The molecule has 0 spiro atoms. The van der Waals surface area contributed by atoms with Crippen molar-refractivity contribution < 1.29 is 33.7 Å². The van der Waals surface area contributed by atoms with Crippen molar-refractivity contribution in [2.75, 3.05) is 11.9 Å². The Kier molecular flexibility index (Phi) is 9.55. The number of nitriles is 1. The fourth-order valence-electron chi connectivity index (χ4n) is 4.68. The molecule has 0 radical (unpaired) electrons. The maximum atomic E-state index is 13.0. The normalized spacial score (nSPS) is 22.5. The Morgan fingerprint density at radius 1 is 1.19 bits per heavy atom. The van der Waals surface area contributed by atoms with E-state index in [0.29, 0.717) is 18.4 Å². The average Bonchev–Trinajstić information content (AvgIpc) is 3.52. The number of hydrogen-bond acceptors (Lipinski definition) is 10. The third-order valence-electron chi connectivity index (χ3n) is 7.39. The van der Waals surface area contributed by atoms with Crippen molar-refractivity contribution in [1.82, 2.24) is 14.6 Å². The number of aliphatic hydroxyl groups is 1. The van der Waals surface area contributed by atoms with Crippen molar-refractivity contribution in [1.29, 1.82) is 5.26 Å².